The Bertz CT molecular complexity index is 818. The van der Waals surface area contributed by atoms with Crippen molar-refractivity contribution < 1.29 is 14.3 Å². The van der Waals surface area contributed by atoms with Crippen molar-refractivity contribution in [1.82, 2.24) is 10.2 Å². The second kappa shape index (κ2) is 8.02. The topological polar surface area (TPSA) is 52.6 Å². The van der Waals surface area contributed by atoms with Crippen molar-refractivity contribution in [2.24, 2.45) is 5.92 Å². The fourth-order valence-corrected chi connectivity index (χ4v) is 4.32. The van der Waals surface area contributed by atoms with E-state index in [1.165, 1.54) is 12.1 Å². The van der Waals surface area contributed by atoms with Crippen LogP contribution < -0.4 is 5.32 Å². The Morgan fingerprint density at radius 2 is 1.68 bits per heavy atom. The van der Waals surface area contributed by atoms with Gasteiger partial charge < -0.3 is 15.3 Å². The Hall–Kier alpha value is -2.24. The molecular formula is C23H27FN2O2. The lowest BCUT2D eigenvalue weighted by Crippen LogP contribution is -2.68. The van der Waals surface area contributed by atoms with Gasteiger partial charge in [0.15, 0.2) is 0 Å². The number of hydrogen-bond acceptors (Lipinski definition) is 3. The van der Waals surface area contributed by atoms with E-state index in [0.717, 1.165) is 42.6 Å². The van der Waals surface area contributed by atoms with E-state index in [1.807, 2.05) is 17.0 Å². The van der Waals surface area contributed by atoms with Crippen LogP contribution >= 0.6 is 0 Å². The Balaban J connectivity index is 1.56. The first-order valence-corrected chi connectivity index (χ1v) is 10.1. The first-order valence-electron chi connectivity index (χ1n) is 10.1. The van der Waals surface area contributed by atoms with Gasteiger partial charge in [0, 0.05) is 18.4 Å². The molecule has 4 nitrogen and oxygen atoms in total. The van der Waals surface area contributed by atoms with Crippen molar-refractivity contribution in [2.45, 2.75) is 37.8 Å². The third kappa shape index (κ3) is 3.56. The summed E-state index contributed by atoms with van der Waals surface area (Å²) in [6.07, 6.45) is 1.94. The Kier molecular flexibility index (Phi) is 5.47. The van der Waals surface area contributed by atoms with E-state index >= 15 is 0 Å². The van der Waals surface area contributed by atoms with Gasteiger partial charge in [-0.2, -0.15) is 0 Å². The molecule has 1 saturated heterocycles. The van der Waals surface area contributed by atoms with Crippen molar-refractivity contribution in [3.63, 3.8) is 0 Å². The molecule has 3 atom stereocenters. The molecule has 5 heteroatoms. The van der Waals surface area contributed by atoms with E-state index in [2.05, 4.69) is 24.4 Å². The molecule has 148 valence electrons. The molecule has 1 amide bonds. The van der Waals surface area contributed by atoms with E-state index in [0.29, 0.717) is 0 Å². The molecule has 0 spiro atoms. The molecule has 1 aliphatic carbocycles. The number of aliphatic hydroxyl groups excluding tert-OH is 1. The van der Waals surface area contributed by atoms with Crippen LogP contribution in [0.25, 0.3) is 11.1 Å². The molecule has 0 radical (unpaired) electrons. The quantitative estimate of drug-likeness (QED) is 0.773. The van der Waals surface area contributed by atoms with Crippen LogP contribution in [0.1, 0.15) is 31.2 Å². The maximum atomic E-state index is 13.2. The predicted octanol–water partition coefficient (Wildman–Crippen LogP) is 3.17. The average molecular weight is 382 g/mol. The van der Waals surface area contributed by atoms with Crippen LogP contribution in [-0.2, 0) is 4.79 Å². The molecule has 0 bridgehead atoms. The molecule has 1 aliphatic heterocycles. The number of halogens is 1. The van der Waals surface area contributed by atoms with Crippen LogP contribution in [0.3, 0.4) is 0 Å². The molecule has 1 saturated carbocycles. The van der Waals surface area contributed by atoms with Gasteiger partial charge in [0.1, 0.15) is 5.82 Å². The Morgan fingerprint density at radius 3 is 2.21 bits per heavy atom. The van der Waals surface area contributed by atoms with Gasteiger partial charge in [-0.15, -0.1) is 0 Å². The van der Waals surface area contributed by atoms with E-state index < -0.39 is 0 Å². The molecule has 28 heavy (non-hydrogen) atoms. The molecule has 2 aromatic rings. The number of hydrogen-bond donors (Lipinski definition) is 2. The van der Waals surface area contributed by atoms with Crippen molar-refractivity contribution in [1.29, 1.82) is 0 Å². The number of carbonyl (C=O) groups is 1. The third-order valence-electron chi connectivity index (χ3n) is 5.99. The van der Waals surface area contributed by atoms with Crippen LogP contribution in [0.2, 0.25) is 0 Å². The van der Waals surface area contributed by atoms with Gasteiger partial charge in [-0.25, -0.2) is 4.39 Å². The molecule has 2 fully saturated rings. The van der Waals surface area contributed by atoms with Crippen LogP contribution in [0.15, 0.2) is 48.5 Å². The number of rotatable bonds is 7. The molecule has 1 heterocycles. The summed E-state index contributed by atoms with van der Waals surface area (Å²) in [5.41, 5.74) is 3.13. The van der Waals surface area contributed by atoms with Crippen LogP contribution in [0.5, 0.6) is 0 Å². The first kappa shape index (κ1) is 19.1. The Morgan fingerprint density at radius 1 is 1.07 bits per heavy atom. The summed E-state index contributed by atoms with van der Waals surface area (Å²) in [5, 5.41) is 13.4. The van der Waals surface area contributed by atoms with Crippen LogP contribution in [-0.4, -0.2) is 47.7 Å². The summed E-state index contributed by atoms with van der Waals surface area (Å²) in [6.45, 7) is 3.62. The smallest absolute Gasteiger partial charge is 0.226 e. The normalized spacial score (nSPS) is 24.1. The summed E-state index contributed by atoms with van der Waals surface area (Å²) in [6, 6.07) is 14.6. The summed E-state index contributed by atoms with van der Waals surface area (Å²) in [5.74, 6) is 0.224. The zero-order valence-corrected chi connectivity index (χ0v) is 16.1. The monoisotopic (exact) mass is 382 g/mol. The van der Waals surface area contributed by atoms with Crippen molar-refractivity contribution in [2.75, 3.05) is 19.7 Å². The number of likely N-dealkylation sites (N-methyl/N-ethyl adjacent to an activating group) is 1. The highest BCUT2D eigenvalue weighted by molar-refractivity contribution is 5.83. The maximum Gasteiger partial charge on any atom is 0.226 e. The lowest BCUT2D eigenvalue weighted by molar-refractivity contribution is -0.151. The fourth-order valence-electron chi connectivity index (χ4n) is 4.32. The minimum Gasteiger partial charge on any atom is -0.394 e. The summed E-state index contributed by atoms with van der Waals surface area (Å²) in [4.78, 5) is 14.6. The second-order valence-electron chi connectivity index (χ2n) is 7.80. The SMILES string of the molecule is CCNC[C@@H]1[C@@H](c2ccc(-c3ccc(F)cc3)cc2)[C@@H](CO)N1C(=O)C1CC1. The molecular weight excluding hydrogens is 355 g/mol. The molecule has 2 aliphatic rings. The molecule has 2 N–H and O–H groups in total. The van der Waals surface area contributed by atoms with Gasteiger partial charge in [-0.3, -0.25) is 4.79 Å². The largest absolute Gasteiger partial charge is 0.394 e. The molecule has 2 aromatic carbocycles. The minimum absolute atomic E-state index is 0.0224. The van der Waals surface area contributed by atoms with Crippen LogP contribution in [0.4, 0.5) is 4.39 Å². The van der Waals surface area contributed by atoms with Gasteiger partial charge in [-0.1, -0.05) is 43.3 Å². The maximum absolute atomic E-state index is 13.2. The van der Waals surface area contributed by atoms with E-state index in [-0.39, 0.29) is 42.3 Å². The molecule has 0 aromatic heterocycles. The first-order chi connectivity index (χ1) is 13.6. The minimum atomic E-state index is -0.243. The van der Waals surface area contributed by atoms with E-state index in [9.17, 15) is 14.3 Å². The second-order valence-corrected chi connectivity index (χ2v) is 7.80. The number of amides is 1. The van der Waals surface area contributed by atoms with Gasteiger partial charge in [0.05, 0.1) is 18.7 Å². The molecule has 4 rings (SSSR count). The Labute approximate surface area is 165 Å². The lowest BCUT2D eigenvalue weighted by Gasteiger charge is -2.55. The van der Waals surface area contributed by atoms with Gasteiger partial charge >= 0.3 is 0 Å². The number of nitrogens with zero attached hydrogens (tertiary/aromatic N) is 1. The average Bonchev–Trinajstić information content (AvgIpc) is 3.54. The van der Waals surface area contributed by atoms with Crippen molar-refractivity contribution in [3.05, 3.63) is 59.9 Å². The van der Waals surface area contributed by atoms with E-state index in [4.69, 9.17) is 0 Å². The fraction of sp³-hybridized carbons (Fsp3) is 0.435. The highest BCUT2D eigenvalue weighted by Gasteiger charge is 2.53. The summed E-state index contributed by atoms with van der Waals surface area (Å²) < 4.78 is 13.2. The number of nitrogens with one attached hydrogen (secondary N) is 1. The zero-order chi connectivity index (χ0) is 19.7. The summed E-state index contributed by atoms with van der Waals surface area (Å²) in [7, 11) is 0. The summed E-state index contributed by atoms with van der Waals surface area (Å²) >= 11 is 0. The predicted molar refractivity (Wildman–Crippen MR) is 107 cm³/mol. The van der Waals surface area contributed by atoms with Gasteiger partial charge in [0.2, 0.25) is 5.91 Å². The van der Waals surface area contributed by atoms with Gasteiger partial charge in [-0.05, 0) is 48.2 Å². The number of benzene rings is 2. The van der Waals surface area contributed by atoms with Crippen LogP contribution in [0, 0.1) is 11.7 Å². The van der Waals surface area contributed by atoms with Crippen molar-refractivity contribution >= 4 is 5.91 Å². The number of aliphatic hydroxyl groups is 1. The van der Waals surface area contributed by atoms with Crippen molar-refractivity contribution in [3.8, 4) is 11.1 Å². The zero-order valence-electron chi connectivity index (χ0n) is 16.1. The highest BCUT2D eigenvalue weighted by atomic mass is 19.1. The third-order valence-corrected chi connectivity index (χ3v) is 5.99. The number of likely N-dealkylation sites (tertiary alicyclic amines) is 1. The number of carbonyl (C=O) groups excluding carboxylic acids is 1. The highest BCUT2D eigenvalue weighted by Crippen LogP contribution is 2.44. The standard InChI is InChI=1S/C23H27FN2O2/c1-2-25-13-20-22(21(14-27)26(20)23(28)18-7-8-18)17-5-3-15(4-6-17)16-9-11-19(24)12-10-16/h3-6,9-12,18,20-22,25,27H,2,7-8,13-14H2,1H3/t20-,21-,22-/m1/s1. The van der Waals surface area contributed by atoms with E-state index in [1.54, 1.807) is 12.1 Å². The van der Waals surface area contributed by atoms with Gasteiger partial charge in [0.25, 0.3) is 0 Å². The lowest BCUT2D eigenvalue weighted by atomic mass is 9.74. The molecule has 0 unspecified atom stereocenters.